The number of amides is 1. The molecule has 1 aliphatic heterocycles. The van der Waals surface area contributed by atoms with Crippen molar-refractivity contribution in [2.75, 3.05) is 6.54 Å². The van der Waals surface area contributed by atoms with Crippen LogP contribution in [0, 0.1) is 0 Å². The van der Waals surface area contributed by atoms with E-state index in [1.165, 1.54) is 17.2 Å². The fraction of sp³-hybridized carbons (Fsp3) is 0.583. The number of hydrogen-bond donors (Lipinski definition) is 2. The van der Waals surface area contributed by atoms with Crippen LogP contribution in [-0.4, -0.2) is 33.8 Å². The van der Waals surface area contributed by atoms with Gasteiger partial charge in [-0.1, -0.05) is 59.7 Å². The van der Waals surface area contributed by atoms with Gasteiger partial charge in [-0.05, 0) is 46.8 Å². The molecule has 0 aliphatic carbocycles. The van der Waals surface area contributed by atoms with Crippen LogP contribution < -0.4 is 5.56 Å². The molecule has 30 heavy (non-hydrogen) atoms. The first kappa shape index (κ1) is 22.2. The Morgan fingerprint density at radius 3 is 2.17 bits per heavy atom. The van der Waals surface area contributed by atoms with Gasteiger partial charge in [-0.15, -0.1) is 0 Å². The topological polar surface area (TPSA) is 86.5 Å². The summed E-state index contributed by atoms with van der Waals surface area (Å²) in [5.41, 5.74) is 3.43. The SMILES string of the molecule is CC(C)(C)c1cc(CC2CC(c3cc(=O)[nH]o3)CCN2C(=O)O)cc(C(C)(C)C)c1. The van der Waals surface area contributed by atoms with Gasteiger partial charge >= 0.3 is 6.09 Å². The average Bonchev–Trinajstić information content (AvgIpc) is 3.06. The van der Waals surface area contributed by atoms with Crippen molar-refractivity contribution < 1.29 is 14.4 Å². The molecule has 2 unspecified atom stereocenters. The predicted molar refractivity (Wildman–Crippen MR) is 117 cm³/mol. The van der Waals surface area contributed by atoms with Gasteiger partial charge in [0.15, 0.2) is 0 Å². The lowest BCUT2D eigenvalue weighted by atomic mass is 9.78. The Morgan fingerprint density at radius 1 is 1.10 bits per heavy atom. The first-order chi connectivity index (χ1) is 13.8. The number of hydrogen-bond acceptors (Lipinski definition) is 3. The number of nitrogens with one attached hydrogen (secondary N) is 1. The van der Waals surface area contributed by atoms with E-state index in [9.17, 15) is 14.7 Å². The van der Waals surface area contributed by atoms with Crippen molar-refractivity contribution >= 4 is 6.09 Å². The molecule has 1 aromatic carbocycles. The highest BCUT2D eigenvalue weighted by molar-refractivity contribution is 5.65. The van der Waals surface area contributed by atoms with Crippen molar-refractivity contribution in [2.24, 2.45) is 0 Å². The molecule has 2 heterocycles. The molecule has 0 saturated carbocycles. The van der Waals surface area contributed by atoms with E-state index in [2.05, 4.69) is 64.9 Å². The zero-order chi connectivity index (χ0) is 22.3. The molecule has 2 aromatic rings. The van der Waals surface area contributed by atoms with E-state index in [0.29, 0.717) is 31.6 Å². The second-order valence-electron chi connectivity index (χ2n) is 10.6. The summed E-state index contributed by atoms with van der Waals surface area (Å²) in [4.78, 5) is 24.9. The highest BCUT2D eigenvalue weighted by atomic mass is 16.5. The lowest BCUT2D eigenvalue weighted by Crippen LogP contribution is -2.46. The molecular formula is C24H34N2O4. The molecule has 3 rings (SSSR count). The van der Waals surface area contributed by atoms with Gasteiger partial charge in [-0.25, -0.2) is 4.79 Å². The summed E-state index contributed by atoms with van der Waals surface area (Å²) in [6.45, 7) is 13.6. The van der Waals surface area contributed by atoms with Gasteiger partial charge < -0.3 is 14.5 Å². The minimum atomic E-state index is -0.892. The van der Waals surface area contributed by atoms with Crippen LogP contribution in [0.1, 0.15) is 82.8 Å². The average molecular weight is 415 g/mol. The first-order valence-corrected chi connectivity index (χ1v) is 10.7. The van der Waals surface area contributed by atoms with Gasteiger partial charge in [0.25, 0.3) is 5.56 Å². The Kier molecular flexibility index (Phi) is 5.89. The summed E-state index contributed by atoms with van der Waals surface area (Å²) in [7, 11) is 0. The highest BCUT2D eigenvalue weighted by Gasteiger charge is 2.34. The number of aromatic amines is 1. The maximum atomic E-state index is 11.9. The normalized spacial score (nSPS) is 20.4. The van der Waals surface area contributed by atoms with Crippen LogP contribution in [0.5, 0.6) is 0 Å². The quantitative estimate of drug-likeness (QED) is 0.737. The van der Waals surface area contributed by atoms with Crippen molar-refractivity contribution in [3.8, 4) is 0 Å². The van der Waals surface area contributed by atoms with E-state index in [-0.39, 0.29) is 28.3 Å². The fourth-order valence-electron chi connectivity index (χ4n) is 4.20. The standard InChI is InChI=1S/C24H34N2O4/c1-23(2,3)17-9-15(10-18(13-17)24(4,5)6)11-19-12-16(7-8-26(19)22(28)29)20-14-21(27)25-30-20/h9-10,13-14,16,19H,7-8,11-12H2,1-6H3,(H,25,27)(H,28,29). The number of piperidine rings is 1. The van der Waals surface area contributed by atoms with Crippen molar-refractivity contribution in [2.45, 2.75) is 83.6 Å². The number of likely N-dealkylation sites (tertiary alicyclic amines) is 1. The van der Waals surface area contributed by atoms with E-state index < -0.39 is 6.09 Å². The number of carbonyl (C=O) groups is 1. The third-order valence-corrected chi connectivity index (χ3v) is 6.10. The Hall–Kier alpha value is -2.50. The Labute approximate surface area is 178 Å². The summed E-state index contributed by atoms with van der Waals surface area (Å²) in [5, 5.41) is 12.1. The molecule has 0 spiro atoms. The van der Waals surface area contributed by atoms with Crippen LogP contribution in [0.25, 0.3) is 0 Å². The lowest BCUT2D eigenvalue weighted by Gasteiger charge is -2.37. The molecule has 1 fully saturated rings. The van der Waals surface area contributed by atoms with Gasteiger partial charge in [-0.2, -0.15) is 5.16 Å². The fourth-order valence-corrected chi connectivity index (χ4v) is 4.20. The Bertz CT molecular complexity index is 926. The van der Waals surface area contributed by atoms with Gasteiger partial charge in [0.2, 0.25) is 0 Å². The molecule has 164 valence electrons. The third-order valence-electron chi connectivity index (χ3n) is 6.10. The molecule has 6 heteroatoms. The predicted octanol–water partition coefficient (Wildman–Crippen LogP) is 5.03. The Morgan fingerprint density at radius 2 is 1.70 bits per heavy atom. The Balaban J connectivity index is 1.94. The number of aromatic nitrogens is 1. The second kappa shape index (κ2) is 7.97. The zero-order valence-electron chi connectivity index (χ0n) is 18.9. The first-order valence-electron chi connectivity index (χ1n) is 10.7. The largest absolute Gasteiger partial charge is 0.465 e. The minimum absolute atomic E-state index is 0.00608. The van der Waals surface area contributed by atoms with Crippen molar-refractivity contribution in [1.82, 2.24) is 10.1 Å². The van der Waals surface area contributed by atoms with Crippen molar-refractivity contribution in [1.29, 1.82) is 0 Å². The minimum Gasteiger partial charge on any atom is -0.465 e. The monoisotopic (exact) mass is 414 g/mol. The van der Waals surface area contributed by atoms with Crippen LogP contribution in [0.2, 0.25) is 0 Å². The number of rotatable bonds is 3. The summed E-state index contributed by atoms with van der Waals surface area (Å²) in [6.07, 6.45) is 1.04. The van der Waals surface area contributed by atoms with E-state index in [4.69, 9.17) is 4.52 Å². The van der Waals surface area contributed by atoms with Crippen molar-refractivity contribution in [3.05, 3.63) is 57.1 Å². The molecule has 1 aromatic heterocycles. The highest BCUT2D eigenvalue weighted by Crippen LogP contribution is 2.35. The third kappa shape index (κ3) is 4.97. The number of nitrogens with zero attached hydrogens (tertiary/aromatic N) is 1. The summed E-state index contributed by atoms with van der Waals surface area (Å²) < 4.78 is 5.32. The number of benzene rings is 1. The summed E-state index contributed by atoms with van der Waals surface area (Å²) in [6, 6.07) is 8.03. The van der Waals surface area contributed by atoms with Crippen LogP contribution in [0.15, 0.2) is 33.6 Å². The number of H-pyrrole nitrogens is 1. The van der Waals surface area contributed by atoms with Gasteiger partial charge in [0, 0.05) is 24.6 Å². The zero-order valence-corrected chi connectivity index (χ0v) is 18.9. The molecule has 1 saturated heterocycles. The molecule has 0 bridgehead atoms. The van der Waals surface area contributed by atoms with Crippen LogP contribution in [0.3, 0.4) is 0 Å². The van der Waals surface area contributed by atoms with Crippen LogP contribution >= 0.6 is 0 Å². The van der Waals surface area contributed by atoms with Gasteiger partial charge in [0.05, 0.1) is 0 Å². The van der Waals surface area contributed by atoms with E-state index in [1.807, 2.05) is 0 Å². The second-order valence-corrected chi connectivity index (χ2v) is 10.6. The number of carboxylic acid groups (broad SMARTS) is 1. The maximum Gasteiger partial charge on any atom is 0.407 e. The molecule has 1 amide bonds. The van der Waals surface area contributed by atoms with E-state index in [1.54, 1.807) is 4.90 Å². The maximum absolute atomic E-state index is 11.9. The van der Waals surface area contributed by atoms with E-state index >= 15 is 0 Å². The molecule has 0 radical (unpaired) electrons. The summed E-state index contributed by atoms with van der Waals surface area (Å²) >= 11 is 0. The van der Waals surface area contributed by atoms with Gasteiger partial charge in [0.1, 0.15) is 5.76 Å². The molecule has 2 atom stereocenters. The van der Waals surface area contributed by atoms with Gasteiger partial charge in [-0.3, -0.25) is 4.79 Å². The van der Waals surface area contributed by atoms with Crippen molar-refractivity contribution in [3.63, 3.8) is 0 Å². The molecular weight excluding hydrogens is 380 g/mol. The smallest absolute Gasteiger partial charge is 0.407 e. The summed E-state index contributed by atoms with van der Waals surface area (Å²) in [5.74, 6) is 0.659. The van der Waals surface area contributed by atoms with E-state index in [0.717, 1.165) is 5.56 Å². The molecule has 2 N–H and O–H groups in total. The molecule has 1 aliphatic rings. The van der Waals surface area contributed by atoms with Crippen LogP contribution in [0.4, 0.5) is 4.79 Å². The lowest BCUT2D eigenvalue weighted by molar-refractivity contribution is 0.0968. The molecule has 6 nitrogen and oxygen atoms in total. The van der Waals surface area contributed by atoms with Crippen LogP contribution in [-0.2, 0) is 17.3 Å².